The van der Waals surface area contributed by atoms with Gasteiger partial charge in [-0.3, -0.25) is 4.57 Å². The van der Waals surface area contributed by atoms with Gasteiger partial charge in [-0.1, -0.05) is 35.3 Å². The molecule has 1 N–H and O–H groups in total. The summed E-state index contributed by atoms with van der Waals surface area (Å²) in [5.74, 6) is -0.169. The molecule has 1 saturated heterocycles. The Balaban J connectivity index is 1.72. The molecule has 11 heteroatoms. The summed E-state index contributed by atoms with van der Waals surface area (Å²) < 4.78 is 19.3. The highest BCUT2D eigenvalue weighted by Gasteiger charge is 2.33. The second-order valence-corrected chi connectivity index (χ2v) is 9.32. The molecule has 0 radical (unpaired) electrons. The quantitative estimate of drug-likeness (QED) is 0.478. The molecular weight excluding hydrogens is 495 g/mol. The Labute approximate surface area is 212 Å². The van der Waals surface area contributed by atoms with Gasteiger partial charge in [0.05, 0.1) is 31.3 Å². The molecule has 1 fully saturated rings. The predicted molar refractivity (Wildman–Crippen MR) is 134 cm³/mol. The zero-order valence-corrected chi connectivity index (χ0v) is 21.1. The van der Waals surface area contributed by atoms with Crippen LogP contribution in [0, 0.1) is 0 Å². The standard InChI is InChI=1S/C24H26Cl2N4O5/c1-4-33-20-10-9-17(11-19(20)26)27-21-28-22(31)30(13-18-14-34-24(2,3)35-18)23(32)29(21)12-15-5-7-16(25)8-6-15/h5-11,18H,4,12-14H2,1-3H3,(H,27,28,31). The molecule has 0 saturated carbocycles. The molecule has 1 atom stereocenters. The Morgan fingerprint density at radius 3 is 2.51 bits per heavy atom. The number of benzene rings is 2. The lowest BCUT2D eigenvalue weighted by molar-refractivity contribution is -0.139. The maximum atomic E-state index is 13.5. The number of halogens is 2. The Kier molecular flexibility index (Phi) is 7.51. The Hall–Kier alpha value is -2.85. The molecular formula is C24H26Cl2N4O5. The predicted octanol–water partition coefficient (Wildman–Crippen LogP) is 4.05. The van der Waals surface area contributed by atoms with Crippen LogP contribution in [0.3, 0.4) is 0 Å². The van der Waals surface area contributed by atoms with E-state index in [-0.39, 0.29) is 25.6 Å². The number of ether oxygens (including phenoxy) is 3. The number of nitrogens with zero attached hydrogens (tertiary/aromatic N) is 3. The molecule has 1 aromatic heterocycles. The van der Waals surface area contributed by atoms with Crippen molar-refractivity contribution in [2.75, 3.05) is 18.5 Å². The summed E-state index contributed by atoms with van der Waals surface area (Å²) in [6.07, 6.45) is -0.454. The second kappa shape index (κ2) is 10.4. The summed E-state index contributed by atoms with van der Waals surface area (Å²) >= 11 is 12.3. The smallest absolute Gasteiger partial charge is 0.355 e. The summed E-state index contributed by atoms with van der Waals surface area (Å²) in [5, 5.41) is 4.01. The van der Waals surface area contributed by atoms with Crippen LogP contribution in [0.25, 0.3) is 0 Å². The first-order chi connectivity index (χ1) is 16.6. The molecule has 1 unspecified atom stereocenters. The summed E-state index contributed by atoms with van der Waals surface area (Å²) in [4.78, 5) is 30.6. The van der Waals surface area contributed by atoms with Gasteiger partial charge in [0.25, 0.3) is 0 Å². The number of rotatable bonds is 8. The molecule has 0 bridgehead atoms. The van der Waals surface area contributed by atoms with Crippen LogP contribution in [0.4, 0.5) is 11.6 Å². The van der Waals surface area contributed by atoms with Crippen molar-refractivity contribution in [2.45, 2.75) is 45.8 Å². The molecule has 1 aliphatic heterocycles. The summed E-state index contributed by atoms with van der Waals surface area (Å²) in [6.45, 7) is 6.33. The average molecular weight is 521 g/mol. The van der Waals surface area contributed by atoms with E-state index in [1.807, 2.05) is 6.92 Å². The van der Waals surface area contributed by atoms with E-state index >= 15 is 0 Å². The van der Waals surface area contributed by atoms with Gasteiger partial charge in [-0.2, -0.15) is 4.98 Å². The molecule has 1 aliphatic rings. The zero-order valence-electron chi connectivity index (χ0n) is 19.6. The van der Waals surface area contributed by atoms with Gasteiger partial charge in [-0.05, 0) is 56.7 Å². The van der Waals surface area contributed by atoms with Crippen molar-refractivity contribution in [1.29, 1.82) is 0 Å². The fourth-order valence-electron chi connectivity index (χ4n) is 3.73. The highest BCUT2D eigenvalue weighted by atomic mass is 35.5. The van der Waals surface area contributed by atoms with Crippen LogP contribution in [0.2, 0.25) is 10.0 Å². The maximum Gasteiger partial charge on any atom is 0.355 e. The summed E-state index contributed by atoms with van der Waals surface area (Å²) in [5.41, 5.74) is 0.113. The third-order valence-electron chi connectivity index (χ3n) is 5.35. The van der Waals surface area contributed by atoms with Crippen LogP contribution < -0.4 is 21.4 Å². The van der Waals surface area contributed by atoms with Crippen LogP contribution in [0.1, 0.15) is 26.3 Å². The molecule has 4 rings (SSSR count). The third-order valence-corrected chi connectivity index (χ3v) is 5.89. The van der Waals surface area contributed by atoms with Gasteiger partial charge in [-0.15, -0.1) is 0 Å². The van der Waals surface area contributed by atoms with Crippen LogP contribution in [-0.2, 0) is 22.6 Å². The van der Waals surface area contributed by atoms with Gasteiger partial charge in [-0.25, -0.2) is 14.2 Å². The van der Waals surface area contributed by atoms with E-state index in [2.05, 4.69) is 10.3 Å². The van der Waals surface area contributed by atoms with Crippen molar-refractivity contribution in [1.82, 2.24) is 14.1 Å². The first kappa shape index (κ1) is 25.2. The average Bonchev–Trinajstić information content (AvgIpc) is 3.15. The van der Waals surface area contributed by atoms with Crippen LogP contribution in [0.5, 0.6) is 5.75 Å². The molecule has 0 amide bonds. The molecule has 2 heterocycles. The highest BCUT2D eigenvalue weighted by molar-refractivity contribution is 6.32. The van der Waals surface area contributed by atoms with Gasteiger partial charge in [0, 0.05) is 10.7 Å². The molecule has 186 valence electrons. The molecule has 35 heavy (non-hydrogen) atoms. The fraction of sp³-hybridized carbons (Fsp3) is 0.375. The van der Waals surface area contributed by atoms with E-state index in [1.165, 1.54) is 4.57 Å². The SMILES string of the molecule is CCOc1ccc(Nc2nc(=O)n(CC3COC(C)(C)O3)c(=O)n2Cc2ccc(Cl)cc2)cc1Cl. The molecule has 9 nitrogen and oxygen atoms in total. The topological polar surface area (TPSA) is 96.6 Å². The van der Waals surface area contributed by atoms with E-state index in [1.54, 1.807) is 56.3 Å². The number of hydrogen-bond acceptors (Lipinski definition) is 7. The normalized spacial score (nSPS) is 16.9. The lowest BCUT2D eigenvalue weighted by Crippen LogP contribution is -2.45. The molecule has 3 aromatic rings. The van der Waals surface area contributed by atoms with Crippen molar-refractivity contribution in [2.24, 2.45) is 0 Å². The number of aromatic nitrogens is 3. The minimum absolute atomic E-state index is 0.0177. The Bertz CT molecular complexity index is 1320. The monoisotopic (exact) mass is 520 g/mol. The van der Waals surface area contributed by atoms with E-state index in [0.717, 1.165) is 10.1 Å². The maximum absolute atomic E-state index is 13.5. The van der Waals surface area contributed by atoms with Gasteiger partial charge in [0.1, 0.15) is 11.9 Å². The first-order valence-corrected chi connectivity index (χ1v) is 11.9. The van der Waals surface area contributed by atoms with Crippen molar-refractivity contribution in [3.63, 3.8) is 0 Å². The minimum Gasteiger partial charge on any atom is -0.492 e. The van der Waals surface area contributed by atoms with E-state index in [9.17, 15) is 9.59 Å². The number of nitrogens with one attached hydrogen (secondary N) is 1. The largest absolute Gasteiger partial charge is 0.492 e. The van der Waals surface area contributed by atoms with Gasteiger partial charge in [0.2, 0.25) is 5.95 Å². The third kappa shape index (κ3) is 6.05. The number of hydrogen-bond donors (Lipinski definition) is 1. The summed E-state index contributed by atoms with van der Waals surface area (Å²) in [6, 6.07) is 12.1. The van der Waals surface area contributed by atoms with Crippen molar-refractivity contribution < 1.29 is 14.2 Å². The molecule has 0 spiro atoms. The highest BCUT2D eigenvalue weighted by Crippen LogP contribution is 2.29. The van der Waals surface area contributed by atoms with Crippen molar-refractivity contribution >= 4 is 34.8 Å². The van der Waals surface area contributed by atoms with Crippen LogP contribution in [0.15, 0.2) is 52.1 Å². The van der Waals surface area contributed by atoms with Gasteiger partial charge >= 0.3 is 11.4 Å². The van der Waals surface area contributed by atoms with E-state index < -0.39 is 23.3 Å². The van der Waals surface area contributed by atoms with Crippen molar-refractivity contribution in [3.05, 3.63) is 79.0 Å². The lowest BCUT2D eigenvalue weighted by Gasteiger charge is -2.19. The van der Waals surface area contributed by atoms with Crippen LogP contribution >= 0.6 is 23.2 Å². The van der Waals surface area contributed by atoms with Crippen molar-refractivity contribution in [3.8, 4) is 5.75 Å². The Morgan fingerprint density at radius 2 is 1.89 bits per heavy atom. The minimum atomic E-state index is -0.779. The van der Waals surface area contributed by atoms with Gasteiger partial charge in [0.15, 0.2) is 5.79 Å². The zero-order chi connectivity index (χ0) is 25.2. The van der Waals surface area contributed by atoms with E-state index in [0.29, 0.717) is 28.1 Å². The molecule has 0 aliphatic carbocycles. The fourth-order valence-corrected chi connectivity index (χ4v) is 4.09. The van der Waals surface area contributed by atoms with E-state index in [4.69, 9.17) is 37.4 Å². The van der Waals surface area contributed by atoms with Gasteiger partial charge < -0.3 is 19.5 Å². The summed E-state index contributed by atoms with van der Waals surface area (Å²) in [7, 11) is 0. The Morgan fingerprint density at radius 1 is 1.14 bits per heavy atom. The lowest BCUT2D eigenvalue weighted by atomic mass is 10.2. The number of anilines is 2. The van der Waals surface area contributed by atoms with Crippen LogP contribution in [-0.4, -0.2) is 39.2 Å². The first-order valence-electron chi connectivity index (χ1n) is 11.1. The second-order valence-electron chi connectivity index (χ2n) is 8.48. The molecule has 2 aromatic carbocycles.